The highest BCUT2D eigenvalue weighted by molar-refractivity contribution is 7.81. The van der Waals surface area contributed by atoms with E-state index in [0.29, 0.717) is 0 Å². The average molecular weight is 282 g/mol. The molecular weight excluding hydrogens is 266 g/mol. The van der Waals surface area contributed by atoms with Crippen LogP contribution in [0.2, 0.25) is 0 Å². The maximum atomic E-state index is 11.4. The van der Waals surface area contributed by atoms with E-state index >= 15 is 0 Å². The van der Waals surface area contributed by atoms with Crippen molar-refractivity contribution in [3.63, 3.8) is 0 Å². The van der Waals surface area contributed by atoms with Crippen LogP contribution in [0.15, 0.2) is 0 Å². The molecule has 0 aliphatic heterocycles. The van der Waals surface area contributed by atoms with Gasteiger partial charge in [-0.3, -0.25) is 0 Å². The normalized spacial score (nSPS) is 12.8. The summed E-state index contributed by atoms with van der Waals surface area (Å²) in [5, 5.41) is 2.10. The summed E-state index contributed by atoms with van der Waals surface area (Å²) in [7, 11) is -5.17. The molecule has 0 radical (unpaired) electrons. The molecule has 0 spiro atoms. The monoisotopic (exact) mass is 282 g/mol. The van der Waals surface area contributed by atoms with Crippen LogP contribution in [-0.4, -0.2) is 36.2 Å². The van der Waals surface area contributed by atoms with Crippen molar-refractivity contribution in [2.45, 2.75) is 45.8 Å². The lowest BCUT2D eigenvalue weighted by Crippen LogP contribution is -2.52. The molecule has 0 aromatic carbocycles. The van der Waals surface area contributed by atoms with Crippen LogP contribution in [-0.2, 0) is 24.1 Å². The van der Waals surface area contributed by atoms with Crippen LogP contribution in [0, 0.1) is 0 Å². The molecule has 0 aliphatic carbocycles. The van der Waals surface area contributed by atoms with E-state index in [0.717, 1.165) is 0 Å². The maximum absolute atomic E-state index is 11.4. The molecule has 106 valence electrons. The van der Waals surface area contributed by atoms with Gasteiger partial charge in [-0.05, 0) is 34.6 Å². The van der Waals surface area contributed by atoms with Crippen LogP contribution in [0.1, 0.15) is 34.6 Å². The molecule has 0 saturated heterocycles. The minimum atomic E-state index is -5.17. The first-order chi connectivity index (χ1) is 7.73. The van der Waals surface area contributed by atoms with E-state index in [9.17, 15) is 22.6 Å². The fourth-order valence-electron chi connectivity index (χ4n) is 0.807. The highest BCUT2D eigenvalue weighted by Crippen LogP contribution is 2.11. The topological polar surface area (TPSA) is 122 Å². The number of carbonyl (C=O) groups is 2. The standard InChI is InChI=1S/C9H17NO7S/c1-8(2,3)16-7(12)10-9(4,5)6(11)17-18(13,14)15/h1-5H3,(H,10,12)(H,13,14,15)/p-1. The Labute approximate surface area is 106 Å². The van der Waals surface area contributed by atoms with Gasteiger partial charge in [-0.15, -0.1) is 0 Å². The van der Waals surface area contributed by atoms with Gasteiger partial charge in [-0.1, -0.05) is 0 Å². The summed E-state index contributed by atoms with van der Waals surface area (Å²) in [6.45, 7) is 7.18. The van der Waals surface area contributed by atoms with Crippen molar-refractivity contribution in [1.29, 1.82) is 0 Å². The van der Waals surface area contributed by atoms with E-state index in [1.165, 1.54) is 13.8 Å². The van der Waals surface area contributed by atoms with Gasteiger partial charge >= 0.3 is 12.1 Å². The SMILES string of the molecule is CC(C)(C)OC(=O)NC(C)(C)C(=O)OS(=O)(=O)[O-]. The summed E-state index contributed by atoms with van der Waals surface area (Å²) in [6.07, 6.45) is -0.937. The summed E-state index contributed by atoms with van der Waals surface area (Å²) in [5.41, 5.74) is -2.49. The van der Waals surface area contributed by atoms with Gasteiger partial charge < -0.3 is 18.8 Å². The smallest absolute Gasteiger partial charge is 0.408 e. The van der Waals surface area contributed by atoms with Crippen molar-refractivity contribution in [2.75, 3.05) is 0 Å². The fraction of sp³-hybridized carbons (Fsp3) is 0.778. The van der Waals surface area contributed by atoms with E-state index in [1.54, 1.807) is 20.8 Å². The molecule has 1 amide bonds. The van der Waals surface area contributed by atoms with E-state index < -0.39 is 33.6 Å². The molecule has 0 fully saturated rings. The number of hydrogen-bond donors (Lipinski definition) is 1. The van der Waals surface area contributed by atoms with E-state index in [2.05, 4.69) is 9.50 Å². The first-order valence-corrected chi connectivity index (χ1v) is 6.27. The molecule has 0 unspecified atom stereocenters. The molecule has 8 nitrogen and oxygen atoms in total. The second-order valence-electron chi connectivity index (χ2n) is 5.03. The summed E-state index contributed by atoms with van der Waals surface area (Å²) < 4.78 is 39.3. The van der Waals surface area contributed by atoms with E-state index in [1.807, 2.05) is 0 Å². The first kappa shape index (κ1) is 16.6. The van der Waals surface area contributed by atoms with Crippen LogP contribution < -0.4 is 5.32 Å². The largest absolute Gasteiger partial charge is 0.716 e. The number of ether oxygens (including phenoxy) is 1. The van der Waals surface area contributed by atoms with Gasteiger partial charge in [0.2, 0.25) is 0 Å². The van der Waals surface area contributed by atoms with Crippen LogP contribution >= 0.6 is 0 Å². The second kappa shape index (κ2) is 5.11. The van der Waals surface area contributed by atoms with E-state index in [4.69, 9.17) is 4.74 Å². The number of hydrogen-bond acceptors (Lipinski definition) is 7. The summed E-state index contributed by atoms with van der Waals surface area (Å²) in [6, 6.07) is 0. The zero-order valence-electron chi connectivity index (χ0n) is 10.8. The highest BCUT2D eigenvalue weighted by atomic mass is 32.3. The molecule has 0 atom stereocenters. The Kier molecular flexibility index (Phi) is 4.72. The molecule has 0 saturated carbocycles. The molecular formula is C9H16NO7S-. The highest BCUT2D eigenvalue weighted by Gasteiger charge is 2.34. The molecule has 9 heteroatoms. The van der Waals surface area contributed by atoms with E-state index in [-0.39, 0.29) is 0 Å². The predicted molar refractivity (Wildman–Crippen MR) is 59.2 cm³/mol. The molecule has 0 aliphatic rings. The lowest BCUT2D eigenvalue weighted by molar-refractivity contribution is -0.140. The molecule has 1 N–H and O–H groups in total. The number of alkyl carbamates (subject to hydrolysis) is 1. The summed E-state index contributed by atoms with van der Waals surface area (Å²) in [4.78, 5) is 22.7. The van der Waals surface area contributed by atoms with Gasteiger partial charge in [-0.25, -0.2) is 18.0 Å². The Morgan fingerprint density at radius 3 is 1.89 bits per heavy atom. The molecule has 18 heavy (non-hydrogen) atoms. The Bertz CT molecular complexity index is 432. The Hall–Kier alpha value is -1.35. The third-order valence-electron chi connectivity index (χ3n) is 1.50. The number of nitrogens with one attached hydrogen (secondary N) is 1. The Balaban J connectivity index is 4.66. The van der Waals surface area contributed by atoms with Crippen molar-refractivity contribution >= 4 is 22.5 Å². The molecule has 0 aromatic heterocycles. The van der Waals surface area contributed by atoms with Gasteiger partial charge in [-0.2, -0.15) is 0 Å². The van der Waals surface area contributed by atoms with Crippen molar-refractivity contribution in [3.8, 4) is 0 Å². The lowest BCUT2D eigenvalue weighted by Gasteiger charge is -2.27. The molecule has 0 aromatic rings. The quantitative estimate of drug-likeness (QED) is 0.583. The summed E-state index contributed by atoms with van der Waals surface area (Å²) in [5.74, 6) is -1.40. The molecule has 0 bridgehead atoms. The molecule has 0 heterocycles. The minimum Gasteiger partial charge on any atom is -0.716 e. The third kappa shape index (κ3) is 7.07. The van der Waals surface area contributed by atoms with Gasteiger partial charge in [0.1, 0.15) is 11.1 Å². The van der Waals surface area contributed by atoms with Crippen LogP contribution in [0.3, 0.4) is 0 Å². The number of carbonyl (C=O) groups excluding carboxylic acids is 2. The third-order valence-corrected chi connectivity index (χ3v) is 1.86. The van der Waals surface area contributed by atoms with Gasteiger partial charge in [0.25, 0.3) is 10.4 Å². The second-order valence-corrected chi connectivity index (χ2v) is 6.01. The van der Waals surface area contributed by atoms with Crippen LogP contribution in [0.5, 0.6) is 0 Å². The number of rotatable bonds is 3. The van der Waals surface area contributed by atoms with Crippen molar-refractivity contribution in [2.24, 2.45) is 0 Å². The maximum Gasteiger partial charge on any atom is 0.408 e. The lowest BCUT2D eigenvalue weighted by atomic mass is 10.1. The zero-order valence-corrected chi connectivity index (χ0v) is 11.6. The predicted octanol–water partition coefficient (Wildman–Crippen LogP) is 0.293. The van der Waals surface area contributed by atoms with Crippen molar-refractivity contribution in [3.05, 3.63) is 0 Å². The Morgan fingerprint density at radius 2 is 1.56 bits per heavy atom. The summed E-state index contributed by atoms with van der Waals surface area (Å²) >= 11 is 0. The number of amides is 1. The van der Waals surface area contributed by atoms with Gasteiger partial charge in [0.15, 0.2) is 0 Å². The van der Waals surface area contributed by atoms with Crippen LogP contribution in [0.4, 0.5) is 4.79 Å². The Morgan fingerprint density at radius 1 is 1.11 bits per heavy atom. The zero-order chi connectivity index (χ0) is 14.8. The average Bonchev–Trinajstić information content (AvgIpc) is 1.94. The molecule has 0 rings (SSSR count). The fourth-order valence-corrected chi connectivity index (χ4v) is 1.20. The first-order valence-electron chi connectivity index (χ1n) is 4.94. The van der Waals surface area contributed by atoms with Crippen molar-refractivity contribution < 1.29 is 31.5 Å². The van der Waals surface area contributed by atoms with Crippen LogP contribution in [0.25, 0.3) is 0 Å². The minimum absolute atomic E-state index is 0.783. The van der Waals surface area contributed by atoms with Gasteiger partial charge in [0.05, 0.1) is 0 Å². The van der Waals surface area contributed by atoms with Gasteiger partial charge in [0, 0.05) is 0 Å². The van der Waals surface area contributed by atoms with Crippen molar-refractivity contribution in [1.82, 2.24) is 5.32 Å².